The number of hydrogen-bond donors (Lipinski definition) is 1. The SMILES string of the molecule is Cc1nc2ncc(-c3ccn4nc(NCC5COC5)ncc34)cc2n1C(C)C. The average molecular weight is 377 g/mol. The third kappa shape index (κ3) is 2.80. The van der Waals surface area contributed by atoms with Gasteiger partial charge in [0.2, 0.25) is 5.95 Å². The van der Waals surface area contributed by atoms with Gasteiger partial charge in [0, 0.05) is 42.0 Å². The van der Waals surface area contributed by atoms with Gasteiger partial charge in [0.25, 0.3) is 0 Å². The summed E-state index contributed by atoms with van der Waals surface area (Å²) < 4.78 is 9.28. The standard InChI is InChI=1S/C20H23N7O/c1-12(2)27-13(3)24-19-17(27)6-15(8-21-19)16-4-5-26-18(16)9-23-20(25-26)22-7-14-10-28-11-14/h4-6,8-9,12,14H,7,10-11H2,1-3H3,(H,22,25). The first-order valence-electron chi connectivity index (χ1n) is 9.61. The lowest BCUT2D eigenvalue weighted by molar-refractivity contribution is -0.0249. The Bertz CT molecular complexity index is 1160. The largest absolute Gasteiger partial charge is 0.381 e. The van der Waals surface area contributed by atoms with Gasteiger partial charge in [0.05, 0.1) is 30.4 Å². The first kappa shape index (κ1) is 17.1. The molecule has 1 aliphatic heterocycles. The summed E-state index contributed by atoms with van der Waals surface area (Å²) in [7, 11) is 0. The molecule has 1 fully saturated rings. The number of aryl methyl sites for hydroxylation is 1. The Morgan fingerprint density at radius 3 is 2.82 bits per heavy atom. The molecule has 4 aromatic heterocycles. The van der Waals surface area contributed by atoms with Crippen molar-refractivity contribution < 1.29 is 4.74 Å². The summed E-state index contributed by atoms with van der Waals surface area (Å²) in [6.07, 6.45) is 5.69. The van der Waals surface area contributed by atoms with Gasteiger partial charge in [-0.2, -0.15) is 0 Å². The van der Waals surface area contributed by atoms with Gasteiger partial charge in [-0.25, -0.2) is 19.5 Å². The summed E-state index contributed by atoms with van der Waals surface area (Å²) in [4.78, 5) is 13.7. The number of aromatic nitrogens is 6. The Labute approximate surface area is 162 Å². The van der Waals surface area contributed by atoms with Crippen LogP contribution >= 0.6 is 0 Å². The highest BCUT2D eigenvalue weighted by molar-refractivity contribution is 5.85. The summed E-state index contributed by atoms with van der Waals surface area (Å²) in [5, 5.41) is 7.87. The third-order valence-corrected chi connectivity index (χ3v) is 5.22. The first-order chi connectivity index (χ1) is 13.6. The smallest absolute Gasteiger partial charge is 0.241 e. The highest BCUT2D eigenvalue weighted by Gasteiger charge is 2.18. The van der Waals surface area contributed by atoms with Gasteiger partial charge in [-0.3, -0.25) is 0 Å². The number of pyridine rings is 1. The van der Waals surface area contributed by atoms with E-state index in [1.165, 1.54) is 0 Å². The number of ether oxygens (including phenoxy) is 1. The van der Waals surface area contributed by atoms with E-state index in [0.717, 1.165) is 53.4 Å². The molecule has 5 rings (SSSR count). The maximum Gasteiger partial charge on any atom is 0.241 e. The van der Waals surface area contributed by atoms with Crippen LogP contribution in [-0.4, -0.2) is 48.9 Å². The molecule has 0 saturated carbocycles. The van der Waals surface area contributed by atoms with E-state index in [1.54, 1.807) is 0 Å². The number of rotatable bonds is 5. The van der Waals surface area contributed by atoms with Crippen molar-refractivity contribution in [1.82, 2.24) is 29.1 Å². The van der Waals surface area contributed by atoms with E-state index in [9.17, 15) is 0 Å². The van der Waals surface area contributed by atoms with E-state index in [-0.39, 0.29) is 0 Å². The lowest BCUT2D eigenvalue weighted by Gasteiger charge is -2.25. The molecule has 4 aromatic rings. The van der Waals surface area contributed by atoms with Crippen molar-refractivity contribution >= 4 is 22.6 Å². The van der Waals surface area contributed by atoms with Crippen LogP contribution in [0.2, 0.25) is 0 Å². The average Bonchev–Trinajstić information content (AvgIpc) is 3.19. The second-order valence-corrected chi connectivity index (χ2v) is 7.61. The second-order valence-electron chi connectivity index (χ2n) is 7.61. The van der Waals surface area contributed by atoms with Crippen LogP contribution in [0.15, 0.2) is 30.7 Å². The molecule has 1 aliphatic rings. The second kappa shape index (κ2) is 6.56. The molecule has 1 N–H and O–H groups in total. The molecule has 0 aliphatic carbocycles. The normalized spacial score (nSPS) is 14.9. The predicted octanol–water partition coefficient (Wildman–Crippen LogP) is 3.09. The van der Waals surface area contributed by atoms with Crippen LogP contribution in [0.25, 0.3) is 27.8 Å². The fourth-order valence-electron chi connectivity index (χ4n) is 3.75. The van der Waals surface area contributed by atoms with E-state index in [4.69, 9.17) is 4.74 Å². The lowest BCUT2D eigenvalue weighted by atomic mass is 10.1. The summed E-state index contributed by atoms with van der Waals surface area (Å²) in [5.41, 5.74) is 4.87. The van der Waals surface area contributed by atoms with Crippen molar-refractivity contribution in [1.29, 1.82) is 0 Å². The first-order valence-corrected chi connectivity index (χ1v) is 9.61. The fourth-order valence-corrected chi connectivity index (χ4v) is 3.75. The number of imidazole rings is 1. The maximum absolute atomic E-state index is 5.20. The van der Waals surface area contributed by atoms with Crippen LogP contribution in [0.5, 0.6) is 0 Å². The molecule has 5 heterocycles. The quantitative estimate of drug-likeness (QED) is 0.576. The zero-order valence-corrected chi connectivity index (χ0v) is 16.3. The Kier molecular flexibility index (Phi) is 4.01. The van der Waals surface area contributed by atoms with Crippen molar-refractivity contribution in [3.63, 3.8) is 0 Å². The Balaban J connectivity index is 1.50. The minimum Gasteiger partial charge on any atom is -0.381 e. The van der Waals surface area contributed by atoms with Crippen LogP contribution in [0.4, 0.5) is 5.95 Å². The van der Waals surface area contributed by atoms with E-state index in [0.29, 0.717) is 17.9 Å². The number of anilines is 1. The molecular weight excluding hydrogens is 354 g/mol. The van der Waals surface area contributed by atoms with E-state index < -0.39 is 0 Å². The van der Waals surface area contributed by atoms with Gasteiger partial charge in [0.15, 0.2) is 5.65 Å². The zero-order chi connectivity index (χ0) is 19.3. The molecule has 28 heavy (non-hydrogen) atoms. The predicted molar refractivity (Wildman–Crippen MR) is 107 cm³/mol. The molecule has 0 radical (unpaired) electrons. The monoisotopic (exact) mass is 377 g/mol. The van der Waals surface area contributed by atoms with Crippen molar-refractivity contribution in [2.45, 2.75) is 26.8 Å². The molecule has 0 atom stereocenters. The number of fused-ring (bicyclic) bond motifs is 2. The highest BCUT2D eigenvalue weighted by atomic mass is 16.5. The van der Waals surface area contributed by atoms with Gasteiger partial charge in [0.1, 0.15) is 5.82 Å². The summed E-state index contributed by atoms with van der Waals surface area (Å²) in [6.45, 7) is 8.79. The van der Waals surface area contributed by atoms with Crippen LogP contribution < -0.4 is 5.32 Å². The summed E-state index contributed by atoms with van der Waals surface area (Å²) in [6, 6.07) is 4.53. The molecule has 8 heteroatoms. The van der Waals surface area contributed by atoms with Crippen molar-refractivity contribution in [2.75, 3.05) is 25.1 Å². The molecule has 0 spiro atoms. The fraction of sp³-hybridized carbons (Fsp3) is 0.400. The third-order valence-electron chi connectivity index (χ3n) is 5.22. The number of nitrogens with zero attached hydrogens (tertiary/aromatic N) is 6. The van der Waals surface area contributed by atoms with Gasteiger partial charge < -0.3 is 14.6 Å². The molecule has 1 saturated heterocycles. The van der Waals surface area contributed by atoms with Gasteiger partial charge in [-0.15, -0.1) is 5.10 Å². The molecule has 0 amide bonds. The molecule has 8 nitrogen and oxygen atoms in total. The molecule has 144 valence electrons. The van der Waals surface area contributed by atoms with Gasteiger partial charge in [-0.1, -0.05) is 0 Å². The van der Waals surface area contributed by atoms with Crippen LogP contribution in [0.1, 0.15) is 25.7 Å². The van der Waals surface area contributed by atoms with E-state index in [2.05, 4.69) is 55.9 Å². The highest BCUT2D eigenvalue weighted by Crippen LogP contribution is 2.29. The number of hydrogen-bond acceptors (Lipinski definition) is 6. The van der Waals surface area contributed by atoms with E-state index >= 15 is 0 Å². The van der Waals surface area contributed by atoms with Crippen molar-refractivity contribution in [3.05, 3.63) is 36.5 Å². The minimum absolute atomic E-state index is 0.325. The molecule has 0 bridgehead atoms. The number of nitrogens with one attached hydrogen (secondary N) is 1. The zero-order valence-electron chi connectivity index (χ0n) is 16.3. The Morgan fingerprint density at radius 1 is 1.21 bits per heavy atom. The Hall–Kier alpha value is -3.00. The van der Waals surface area contributed by atoms with Crippen LogP contribution in [0.3, 0.4) is 0 Å². The van der Waals surface area contributed by atoms with E-state index in [1.807, 2.05) is 30.0 Å². The molecule has 0 unspecified atom stereocenters. The molecule has 0 aromatic carbocycles. The van der Waals surface area contributed by atoms with Gasteiger partial charge in [-0.05, 0) is 32.9 Å². The summed E-state index contributed by atoms with van der Waals surface area (Å²) >= 11 is 0. The van der Waals surface area contributed by atoms with Gasteiger partial charge >= 0.3 is 0 Å². The maximum atomic E-state index is 5.20. The summed E-state index contributed by atoms with van der Waals surface area (Å²) in [5.74, 6) is 2.16. The minimum atomic E-state index is 0.325. The lowest BCUT2D eigenvalue weighted by Crippen LogP contribution is -2.33. The molecular formula is C20H23N7O. The van der Waals surface area contributed by atoms with Crippen LogP contribution in [-0.2, 0) is 4.74 Å². The van der Waals surface area contributed by atoms with Crippen molar-refractivity contribution in [2.24, 2.45) is 5.92 Å². The topological polar surface area (TPSA) is 82.2 Å². The Morgan fingerprint density at radius 2 is 2.07 bits per heavy atom. The van der Waals surface area contributed by atoms with Crippen molar-refractivity contribution in [3.8, 4) is 11.1 Å². The van der Waals surface area contributed by atoms with Crippen LogP contribution in [0, 0.1) is 12.8 Å².